The van der Waals surface area contributed by atoms with Crippen molar-refractivity contribution < 1.29 is 23.4 Å². The van der Waals surface area contributed by atoms with Crippen molar-refractivity contribution in [1.82, 2.24) is 4.90 Å². The molecule has 3 atom stereocenters. The molecule has 1 saturated heterocycles. The molecule has 0 spiro atoms. The van der Waals surface area contributed by atoms with Gasteiger partial charge >= 0.3 is 0 Å². The Balaban J connectivity index is 1.65. The van der Waals surface area contributed by atoms with E-state index in [9.17, 15) is 18.7 Å². The highest BCUT2D eigenvalue weighted by molar-refractivity contribution is 5.77. The quantitative estimate of drug-likeness (QED) is 0.916. The van der Waals surface area contributed by atoms with Crippen molar-refractivity contribution in [3.8, 4) is 0 Å². The molecule has 3 rings (SSSR count). The van der Waals surface area contributed by atoms with Gasteiger partial charge in [0.25, 0.3) is 0 Å². The van der Waals surface area contributed by atoms with E-state index >= 15 is 0 Å². The fraction of sp³-hybridized carbons (Fsp3) is 0.611. The highest BCUT2D eigenvalue weighted by atomic mass is 19.2. The zero-order valence-corrected chi connectivity index (χ0v) is 13.6. The van der Waals surface area contributed by atoms with Gasteiger partial charge in [0.05, 0.1) is 25.4 Å². The average molecular weight is 339 g/mol. The molecule has 1 aliphatic heterocycles. The van der Waals surface area contributed by atoms with E-state index in [4.69, 9.17) is 4.74 Å². The molecule has 0 bridgehead atoms. The van der Waals surface area contributed by atoms with Crippen LogP contribution in [-0.2, 0) is 16.0 Å². The second-order valence-corrected chi connectivity index (χ2v) is 6.60. The van der Waals surface area contributed by atoms with Crippen LogP contribution in [0.4, 0.5) is 8.78 Å². The predicted octanol–water partition coefficient (Wildman–Crippen LogP) is 2.29. The van der Waals surface area contributed by atoms with Gasteiger partial charge in [-0.2, -0.15) is 0 Å². The molecule has 1 N–H and O–H groups in total. The van der Waals surface area contributed by atoms with Crippen LogP contribution in [0.5, 0.6) is 0 Å². The number of aliphatic hydroxyl groups is 1. The van der Waals surface area contributed by atoms with Crippen molar-refractivity contribution >= 4 is 5.91 Å². The summed E-state index contributed by atoms with van der Waals surface area (Å²) in [6.07, 6.45) is 2.50. The van der Waals surface area contributed by atoms with Crippen LogP contribution >= 0.6 is 0 Å². The summed E-state index contributed by atoms with van der Waals surface area (Å²) < 4.78 is 32.5. The van der Waals surface area contributed by atoms with E-state index in [1.165, 1.54) is 12.1 Å². The smallest absolute Gasteiger partial charge is 0.223 e. The number of rotatable bonds is 4. The maximum atomic E-state index is 13.7. The van der Waals surface area contributed by atoms with Gasteiger partial charge in [0.1, 0.15) is 0 Å². The monoisotopic (exact) mass is 339 g/mol. The first kappa shape index (κ1) is 17.3. The number of ether oxygens (including phenoxy) is 1. The van der Waals surface area contributed by atoms with Crippen LogP contribution in [0, 0.1) is 17.6 Å². The fourth-order valence-corrected chi connectivity index (χ4v) is 3.83. The number of hydrogen-bond donors (Lipinski definition) is 1. The van der Waals surface area contributed by atoms with Gasteiger partial charge in [-0.1, -0.05) is 18.6 Å². The van der Waals surface area contributed by atoms with E-state index in [2.05, 4.69) is 0 Å². The molecular weight excluding hydrogens is 316 g/mol. The molecule has 0 radical (unpaired) electrons. The van der Waals surface area contributed by atoms with Gasteiger partial charge in [0, 0.05) is 18.9 Å². The van der Waals surface area contributed by atoms with Crippen LogP contribution in [0.3, 0.4) is 0 Å². The molecule has 0 unspecified atom stereocenters. The molecule has 4 nitrogen and oxygen atoms in total. The van der Waals surface area contributed by atoms with E-state index in [0.29, 0.717) is 19.8 Å². The minimum atomic E-state index is -0.890. The first-order valence-corrected chi connectivity index (χ1v) is 8.56. The average Bonchev–Trinajstić information content (AvgIpc) is 3.02. The van der Waals surface area contributed by atoms with E-state index in [1.807, 2.05) is 0 Å². The Hall–Kier alpha value is -1.53. The normalized spacial score (nSPS) is 27.5. The standard InChI is InChI=1S/C18H23F2NO3/c19-14-5-1-3-12(18(14)20)7-8-17(23)21-9-10-24-11-15(21)13-4-2-6-16(13)22/h1,3,5,13,15-16,22H,2,4,6-11H2/t13-,15+,16+/m0/s1. The molecule has 2 aliphatic rings. The van der Waals surface area contributed by atoms with Crippen molar-refractivity contribution in [1.29, 1.82) is 0 Å². The number of benzene rings is 1. The third kappa shape index (κ3) is 3.59. The Bertz CT molecular complexity index is 596. The molecule has 6 heteroatoms. The Morgan fingerprint density at radius 1 is 1.33 bits per heavy atom. The maximum Gasteiger partial charge on any atom is 0.223 e. The molecule has 1 saturated carbocycles. The molecule has 2 fully saturated rings. The van der Waals surface area contributed by atoms with Gasteiger partial charge in [0.2, 0.25) is 5.91 Å². The first-order valence-electron chi connectivity index (χ1n) is 8.56. The number of carbonyl (C=O) groups is 1. The largest absolute Gasteiger partial charge is 0.393 e. The van der Waals surface area contributed by atoms with Crippen molar-refractivity contribution in [3.05, 3.63) is 35.4 Å². The summed E-state index contributed by atoms with van der Waals surface area (Å²) in [5.74, 6) is -1.82. The Labute approximate surface area is 140 Å². The molecule has 24 heavy (non-hydrogen) atoms. The first-order chi connectivity index (χ1) is 11.6. The Kier molecular flexibility index (Phi) is 5.46. The third-order valence-corrected chi connectivity index (χ3v) is 5.15. The lowest BCUT2D eigenvalue weighted by atomic mass is 9.93. The van der Waals surface area contributed by atoms with Gasteiger partial charge in [0.15, 0.2) is 11.6 Å². The SMILES string of the molecule is O=C(CCc1cccc(F)c1F)N1CCOC[C@@H]1[C@@H]1CCC[C@H]1O. The number of aliphatic hydroxyl groups excluding tert-OH is 1. The van der Waals surface area contributed by atoms with Gasteiger partial charge in [-0.3, -0.25) is 4.79 Å². The minimum Gasteiger partial charge on any atom is -0.393 e. The molecule has 0 aromatic heterocycles. The lowest BCUT2D eigenvalue weighted by Gasteiger charge is -2.40. The summed E-state index contributed by atoms with van der Waals surface area (Å²) in [4.78, 5) is 14.4. The Morgan fingerprint density at radius 3 is 2.92 bits per heavy atom. The third-order valence-electron chi connectivity index (χ3n) is 5.15. The molecule has 1 amide bonds. The number of amides is 1. The van der Waals surface area contributed by atoms with E-state index in [-0.39, 0.29) is 36.3 Å². The summed E-state index contributed by atoms with van der Waals surface area (Å²) in [7, 11) is 0. The second kappa shape index (κ2) is 7.57. The molecule has 132 valence electrons. The van der Waals surface area contributed by atoms with Crippen molar-refractivity contribution in [2.45, 2.75) is 44.2 Å². The second-order valence-electron chi connectivity index (χ2n) is 6.60. The molecular formula is C18H23F2NO3. The number of carbonyl (C=O) groups excluding carboxylic acids is 1. The summed E-state index contributed by atoms with van der Waals surface area (Å²) in [5, 5.41) is 10.1. The molecule has 1 aliphatic carbocycles. The van der Waals surface area contributed by atoms with Crippen molar-refractivity contribution in [3.63, 3.8) is 0 Å². The van der Waals surface area contributed by atoms with Gasteiger partial charge < -0.3 is 14.7 Å². The number of nitrogens with zero attached hydrogens (tertiary/aromatic N) is 1. The van der Waals surface area contributed by atoms with E-state index < -0.39 is 17.7 Å². The highest BCUT2D eigenvalue weighted by Gasteiger charge is 2.39. The van der Waals surface area contributed by atoms with Crippen LogP contribution in [0.15, 0.2) is 18.2 Å². The summed E-state index contributed by atoms with van der Waals surface area (Å²) in [6.45, 7) is 1.39. The highest BCUT2D eigenvalue weighted by Crippen LogP contribution is 2.32. The predicted molar refractivity (Wildman–Crippen MR) is 84.3 cm³/mol. The van der Waals surface area contributed by atoms with E-state index in [1.54, 1.807) is 4.90 Å². The lowest BCUT2D eigenvalue weighted by Crippen LogP contribution is -2.53. The van der Waals surface area contributed by atoms with Crippen LogP contribution < -0.4 is 0 Å². The van der Waals surface area contributed by atoms with Crippen LogP contribution in [0.25, 0.3) is 0 Å². The molecule has 1 aromatic rings. The van der Waals surface area contributed by atoms with Crippen LogP contribution in [0.2, 0.25) is 0 Å². The van der Waals surface area contributed by atoms with Crippen molar-refractivity contribution in [2.24, 2.45) is 5.92 Å². The van der Waals surface area contributed by atoms with Crippen molar-refractivity contribution in [2.75, 3.05) is 19.8 Å². The zero-order chi connectivity index (χ0) is 17.1. The zero-order valence-electron chi connectivity index (χ0n) is 13.6. The maximum absolute atomic E-state index is 13.7. The summed E-state index contributed by atoms with van der Waals surface area (Å²) >= 11 is 0. The number of halogens is 2. The summed E-state index contributed by atoms with van der Waals surface area (Å²) in [5.41, 5.74) is 0.217. The van der Waals surface area contributed by atoms with Gasteiger partial charge in [-0.15, -0.1) is 0 Å². The lowest BCUT2D eigenvalue weighted by molar-refractivity contribution is -0.143. The van der Waals surface area contributed by atoms with E-state index in [0.717, 1.165) is 25.3 Å². The topological polar surface area (TPSA) is 49.8 Å². The van der Waals surface area contributed by atoms with Gasteiger partial charge in [-0.25, -0.2) is 8.78 Å². The van der Waals surface area contributed by atoms with Gasteiger partial charge in [-0.05, 0) is 30.9 Å². The number of aryl methyl sites for hydroxylation is 1. The minimum absolute atomic E-state index is 0.0418. The molecule has 1 aromatic carbocycles. The molecule has 1 heterocycles. The number of hydrogen-bond acceptors (Lipinski definition) is 3. The van der Waals surface area contributed by atoms with Crippen LogP contribution in [-0.4, -0.2) is 47.8 Å². The number of morpholine rings is 1. The summed E-state index contributed by atoms with van der Waals surface area (Å²) in [6, 6.07) is 3.90. The fourth-order valence-electron chi connectivity index (χ4n) is 3.83. The van der Waals surface area contributed by atoms with Crippen LogP contribution in [0.1, 0.15) is 31.2 Å². The Morgan fingerprint density at radius 2 is 2.17 bits per heavy atom.